The number of rotatable bonds is 19. The summed E-state index contributed by atoms with van der Waals surface area (Å²) in [6.45, 7) is 25.5. The fraction of sp³-hybridized carbons (Fsp3) is 0.455. The van der Waals surface area contributed by atoms with Gasteiger partial charge >= 0.3 is 6.03 Å². The molecule has 6 amide bonds. The lowest BCUT2D eigenvalue weighted by atomic mass is 10.0. The van der Waals surface area contributed by atoms with E-state index in [-0.39, 0.29) is 96.5 Å². The van der Waals surface area contributed by atoms with Crippen LogP contribution in [0.5, 0.6) is 0 Å². The number of aromatic nitrogens is 10. The lowest BCUT2D eigenvalue weighted by Gasteiger charge is -2.40. The van der Waals surface area contributed by atoms with E-state index in [9.17, 15) is 45.9 Å². The number of carbonyl (C=O) groups is 5. The molecule has 10 aromatic rings. The zero-order valence-corrected chi connectivity index (χ0v) is 76.5. The van der Waals surface area contributed by atoms with E-state index in [1.54, 1.807) is 65.6 Å². The molecule has 2 atom stereocenters. The molecule has 5 saturated carbocycles. The zero-order chi connectivity index (χ0) is 92.2. The van der Waals surface area contributed by atoms with Crippen LogP contribution in [0.1, 0.15) is 186 Å². The van der Waals surface area contributed by atoms with Crippen LogP contribution in [0.2, 0.25) is 0 Å². The first kappa shape index (κ1) is 92.6. The lowest BCUT2D eigenvalue weighted by Crippen LogP contribution is -2.54. The van der Waals surface area contributed by atoms with Crippen molar-refractivity contribution in [1.29, 1.82) is 0 Å². The number of amides is 6. The average Bonchev–Trinajstić information content (AvgIpc) is 1.65. The number of aryl methyl sites for hydroxylation is 5. The smallest absolute Gasteiger partial charge is 0.321 e. The molecule has 20 rings (SSSR count). The van der Waals surface area contributed by atoms with E-state index in [0.717, 1.165) is 150 Å². The molecule has 5 aliphatic carbocycles. The molecule has 5 aromatic carbocycles. The van der Waals surface area contributed by atoms with Crippen LogP contribution < -0.4 is 29.8 Å². The minimum Gasteiger partial charge on any atom is -0.352 e. The van der Waals surface area contributed by atoms with Gasteiger partial charge in [0.05, 0.1) is 54.2 Å². The molecule has 0 radical (unpaired) electrons. The van der Waals surface area contributed by atoms with Gasteiger partial charge in [-0.25, -0.2) is 26.7 Å². The molecule has 0 spiro atoms. The summed E-state index contributed by atoms with van der Waals surface area (Å²) in [5.74, 6) is 5.29. The quantitative estimate of drug-likeness (QED) is 0.0738. The Labute approximate surface area is 768 Å². The molecule has 10 aliphatic rings. The number of nitrogens with one attached hydrogen (secondary N) is 1. The van der Waals surface area contributed by atoms with Gasteiger partial charge in [0.1, 0.15) is 29.1 Å². The second-order valence-electron chi connectivity index (χ2n) is 36.8. The molecule has 0 unspecified atom stereocenters. The normalized spacial score (nSPS) is 18.5. The summed E-state index contributed by atoms with van der Waals surface area (Å²) in [6, 6.07) is 45.8. The highest BCUT2D eigenvalue weighted by Crippen LogP contribution is 2.45. The third-order valence-corrected chi connectivity index (χ3v) is 26.4. The molecule has 0 bridgehead atoms. The van der Waals surface area contributed by atoms with Crippen LogP contribution in [0.4, 0.5) is 61.5 Å². The first-order valence-corrected chi connectivity index (χ1v) is 46.7. The van der Waals surface area contributed by atoms with Crippen LogP contribution in [-0.2, 0) is 44.9 Å². The Kier molecular flexibility index (Phi) is 29.6. The fourth-order valence-corrected chi connectivity index (χ4v) is 17.5. The highest BCUT2D eigenvalue weighted by molar-refractivity contribution is 5.89. The number of carbonyl (C=O) groups excluding carboxylic acids is 5. The Hall–Kier alpha value is -12.7. The summed E-state index contributed by atoms with van der Waals surface area (Å²) in [7, 11) is 0. The second-order valence-corrected chi connectivity index (χ2v) is 36.8. The maximum Gasteiger partial charge on any atom is 0.321 e. The number of piperazine rings is 5. The molecule has 5 saturated heterocycles. The Morgan fingerprint density at radius 3 is 0.818 bits per heavy atom. The predicted molar refractivity (Wildman–Crippen MR) is 498 cm³/mol. The molecular formula is C101H118F5N21O5. The van der Waals surface area contributed by atoms with E-state index < -0.39 is 0 Å². The molecule has 5 aliphatic heterocycles. The lowest BCUT2D eigenvalue weighted by molar-refractivity contribution is -0.133. The number of benzene rings is 5. The van der Waals surface area contributed by atoms with E-state index in [4.69, 9.17) is 0 Å². The van der Waals surface area contributed by atoms with Gasteiger partial charge in [0.15, 0.2) is 29.1 Å². The molecule has 132 heavy (non-hydrogen) atoms. The maximum absolute atomic E-state index is 14.4. The van der Waals surface area contributed by atoms with Gasteiger partial charge in [-0.15, -0.1) is 25.5 Å². The number of urea groups is 1. The first-order valence-electron chi connectivity index (χ1n) is 46.7. The topological polar surface area (TPSA) is 259 Å². The van der Waals surface area contributed by atoms with Crippen LogP contribution in [0.15, 0.2) is 152 Å². The summed E-state index contributed by atoms with van der Waals surface area (Å²) in [5, 5.41) is 44.3. The van der Waals surface area contributed by atoms with Crippen molar-refractivity contribution in [3.8, 4) is 0 Å². The first-order chi connectivity index (χ1) is 63.8. The van der Waals surface area contributed by atoms with E-state index in [1.807, 2.05) is 153 Å². The van der Waals surface area contributed by atoms with Crippen molar-refractivity contribution < 1.29 is 45.9 Å². The average molecular weight is 1800 g/mol. The van der Waals surface area contributed by atoms with Crippen LogP contribution in [-0.4, -0.2) is 235 Å². The van der Waals surface area contributed by atoms with Gasteiger partial charge in [-0.2, -0.15) is 25.5 Å². The summed E-state index contributed by atoms with van der Waals surface area (Å²) < 4.78 is 71.5. The Morgan fingerprint density at radius 2 is 0.561 bits per heavy atom. The Morgan fingerprint density at radius 1 is 0.288 bits per heavy atom. The van der Waals surface area contributed by atoms with Gasteiger partial charge in [0, 0.05) is 136 Å². The summed E-state index contributed by atoms with van der Waals surface area (Å²) in [5.41, 5.74) is 11.9. The van der Waals surface area contributed by atoms with Gasteiger partial charge in [-0.1, -0.05) is 54.6 Å². The van der Waals surface area contributed by atoms with E-state index in [1.165, 1.54) is 6.07 Å². The Bertz CT molecular complexity index is 5390. The fourth-order valence-electron chi connectivity index (χ4n) is 17.5. The number of halogens is 5. The van der Waals surface area contributed by atoms with Gasteiger partial charge in [0.2, 0.25) is 23.6 Å². The minimum absolute atomic E-state index is 0.0160. The highest BCUT2D eigenvalue weighted by atomic mass is 19.1. The SMILES string of the molecule is Cc1ccc(N2CCN(C(=O)Cc3ccc(C4CC4)cc3F)CC2)nn1.Cc1ccc(N2CCN(C(=O)Cc3ccc(C4CC4)cc3F)CC2)nn1.Cc1ccc(N2CCN(C(=O)Cc3ccc(C4CC4)cc3F)[C@@H](C)C2)nn1.Cc1ccc(N2CCN(C(=O)Cc3ccc(C4CC4)cc3F)[C@H](C)C2)nn1.Cc1ccc(N2CCN(C(=O)Nc3ccc(C4CC4)c(F)c3)CC2)nn1. The van der Waals surface area contributed by atoms with Crippen molar-refractivity contribution >= 4 is 64.4 Å². The zero-order valence-electron chi connectivity index (χ0n) is 76.5. The molecule has 692 valence electrons. The van der Waals surface area contributed by atoms with Crippen LogP contribution in [0.3, 0.4) is 0 Å². The highest BCUT2D eigenvalue weighted by Gasteiger charge is 2.36. The van der Waals surface area contributed by atoms with E-state index in [0.29, 0.717) is 175 Å². The minimum atomic E-state index is -0.256. The van der Waals surface area contributed by atoms with E-state index >= 15 is 0 Å². The number of hydrogen-bond donors (Lipinski definition) is 1. The summed E-state index contributed by atoms with van der Waals surface area (Å²) in [4.78, 5) is 82.8. The van der Waals surface area contributed by atoms with Crippen molar-refractivity contribution in [3.63, 3.8) is 0 Å². The predicted octanol–water partition coefficient (Wildman–Crippen LogP) is 14.7. The Balaban J connectivity index is 0.000000120. The van der Waals surface area contributed by atoms with Crippen molar-refractivity contribution in [2.24, 2.45) is 0 Å². The molecule has 1 N–H and O–H groups in total. The molecule has 31 heteroatoms. The molecule has 10 heterocycles. The molecule has 5 aromatic heterocycles. The van der Waals surface area contributed by atoms with Gasteiger partial charge in [-0.05, 0) is 289 Å². The summed E-state index contributed by atoms with van der Waals surface area (Å²) >= 11 is 0. The van der Waals surface area contributed by atoms with Crippen LogP contribution in [0.25, 0.3) is 0 Å². The number of nitrogens with zero attached hydrogens (tertiary/aromatic N) is 20. The van der Waals surface area contributed by atoms with Crippen molar-refractivity contribution in [3.05, 3.63) is 259 Å². The largest absolute Gasteiger partial charge is 0.352 e. The third kappa shape index (κ3) is 24.7. The molecular weight excluding hydrogens is 1680 g/mol. The molecule has 10 fully saturated rings. The second kappa shape index (κ2) is 42.2. The van der Waals surface area contributed by atoms with Crippen LogP contribution in [0, 0.1) is 63.7 Å². The van der Waals surface area contributed by atoms with Gasteiger partial charge in [-0.3, -0.25) is 19.2 Å². The van der Waals surface area contributed by atoms with E-state index in [2.05, 4.69) is 80.8 Å². The van der Waals surface area contributed by atoms with Gasteiger partial charge in [0.25, 0.3) is 0 Å². The molecule has 26 nitrogen and oxygen atoms in total. The third-order valence-electron chi connectivity index (χ3n) is 26.4. The number of anilines is 6. The van der Waals surface area contributed by atoms with Crippen molar-refractivity contribution in [2.75, 3.05) is 148 Å². The van der Waals surface area contributed by atoms with Crippen LogP contribution >= 0.6 is 0 Å². The van der Waals surface area contributed by atoms with Crippen molar-refractivity contribution in [2.45, 2.75) is 180 Å². The number of hydrogen-bond acceptors (Lipinski definition) is 20. The summed E-state index contributed by atoms with van der Waals surface area (Å²) in [6.07, 6.45) is 11.8. The maximum atomic E-state index is 14.4. The van der Waals surface area contributed by atoms with Crippen molar-refractivity contribution in [1.82, 2.24) is 75.5 Å². The van der Waals surface area contributed by atoms with Gasteiger partial charge < -0.3 is 54.3 Å². The monoisotopic (exact) mass is 1800 g/mol. The standard InChI is InChI=1S/2C21H25FN4O.2C20H23FN4O.C19H22FN5O/c2*1-14-3-8-20(24-23-14)25-9-10-26(15(2)13-25)21(27)12-18-7-6-17(11-19(18)22)16-4-5-16;2*1-14-2-7-19(23-22-14)24-8-10-25(11-9-24)20(26)13-17-6-5-16(12-18(17)21)15-3-4-15;1-13-2-7-18(23-22-13)24-8-10-25(11-9-24)19(26)21-15-5-6-16(14-3-4-14)17(20)12-15/h2*3,6-8,11,15-16H,4-5,9-10,12-13H2,1-2H3;2*2,5-7,12,15H,3-4,8-11,13H2,1H3;2,5-7,12,14H,3-4,8-11H2,1H3,(H,21,26)/t2*15-;;;/m10.../s1.